The highest BCUT2D eigenvalue weighted by Gasteiger charge is 2.23. The van der Waals surface area contributed by atoms with E-state index in [1.54, 1.807) is 4.31 Å². The first-order valence-electron chi connectivity index (χ1n) is 16.2. The van der Waals surface area contributed by atoms with Crippen LogP contribution in [0.5, 0.6) is 5.75 Å². The lowest BCUT2D eigenvalue weighted by atomic mass is 9.85. The smallest absolute Gasteiger partial charge is 0.211 e. The topological polar surface area (TPSA) is 50.5 Å². The summed E-state index contributed by atoms with van der Waals surface area (Å²) < 4.78 is 35.5. The fourth-order valence-corrected chi connectivity index (χ4v) is 6.04. The molecule has 0 aliphatic carbocycles. The fraction of sp³-hybridized carbons (Fsp3) is 0.686. The van der Waals surface area contributed by atoms with Gasteiger partial charge >= 0.3 is 0 Å². The minimum atomic E-state index is -3.39. The zero-order valence-corrected chi connectivity index (χ0v) is 30.4. The van der Waals surface area contributed by atoms with Gasteiger partial charge in [-0.3, -0.25) is 0 Å². The molecule has 0 aliphatic heterocycles. The van der Waals surface area contributed by atoms with Crippen LogP contribution in [0, 0.1) is 0 Å². The van der Waals surface area contributed by atoms with Gasteiger partial charge < -0.3 is 28.7 Å². The van der Waals surface area contributed by atoms with E-state index in [-0.39, 0.29) is 29.4 Å². The predicted molar refractivity (Wildman–Crippen MR) is 173 cm³/mol. The number of halogens is 1. The first-order chi connectivity index (χ1) is 19.5. The summed E-state index contributed by atoms with van der Waals surface area (Å²) in [5.74, 6) is 0.916. The fourth-order valence-electron chi connectivity index (χ4n) is 5.28. The van der Waals surface area contributed by atoms with Crippen molar-refractivity contribution in [2.75, 3.05) is 12.9 Å². The van der Waals surface area contributed by atoms with E-state index in [4.69, 9.17) is 4.74 Å². The highest BCUT2D eigenvalue weighted by atomic mass is 127. The van der Waals surface area contributed by atoms with Gasteiger partial charge in [-0.1, -0.05) is 117 Å². The molecule has 0 amide bonds. The molecule has 0 fully saturated rings. The van der Waals surface area contributed by atoms with Crippen LogP contribution in [0.3, 0.4) is 0 Å². The third-order valence-electron chi connectivity index (χ3n) is 7.70. The number of benzene rings is 1. The molecule has 7 heteroatoms. The maximum absolute atomic E-state index is 12.7. The van der Waals surface area contributed by atoms with Crippen LogP contribution in [-0.4, -0.2) is 25.6 Å². The Morgan fingerprint density at radius 1 is 0.786 bits per heavy atom. The lowest BCUT2D eigenvalue weighted by Crippen LogP contribution is -3.00. The quantitative estimate of drug-likeness (QED) is 0.0945. The van der Waals surface area contributed by atoms with Crippen LogP contribution in [0.2, 0.25) is 0 Å². The summed E-state index contributed by atoms with van der Waals surface area (Å²) in [5.41, 5.74) is 2.99. The average Bonchev–Trinajstić information content (AvgIpc) is 2.91. The van der Waals surface area contributed by atoms with Crippen molar-refractivity contribution < 1.29 is 41.7 Å². The van der Waals surface area contributed by atoms with E-state index in [1.165, 1.54) is 76.9 Å². The van der Waals surface area contributed by atoms with E-state index < -0.39 is 10.0 Å². The minimum absolute atomic E-state index is 0. The Hall–Kier alpha value is -1.19. The molecular weight excluding hydrogens is 655 g/mol. The van der Waals surface area contributed by atoms with Crippen molar-refractivity contribution in [2.24, 2.45) is 0 Å². The van der Waals surface area contributed by atoms with Crippen molar-refractivity contribution in [2.45, 2.75) is 143 Å². The summed E-state index contributed by atoms with van der Waals surface area (Å²) in [6.07, 6.45) is 22.4. The molecule has 0 spiro atoms. The van der Waals surface area contributed by atoms with E-state index in [0.717, 1.165) is 48.4 Å². The SMILES string of the molecule is CCCCCCCCCCCCCCOc1ccc(CN(Cc2ccc[n+](CCC)c2)S(C)(=O)=O)cc1C(C)(C)C.[I-]. The van der Waals surface area contributed by atoms with Crippen LogP contribution in [0.1, 0.15) is 135 Å². The first kappa shape index (κ1) is 38.8. The van der Waals surface area contributed by atoms with Gasteiger partial charge in [-0.2, -0.15) is 4.31 Å². The van der Waals surface area contributed by atoms with E-state index in [9.17, 15) is 8.42 Å². The van der Waals surface area contributed by atoms with Crippen molar-refractivity contribution in [3.63, 3.8) is 0 Å². The molecule has 5 nitrogen and oxygen atoms in total. The summed E-state index contributed by atoms with van der Waals surface area (Å²) in [5, 5.41) is 0. The van der Waals surface area contributed by atoms with Gasteiger partial charge in [0.2, 0.25) is 10.0 Å². The van der Waals surface area contributed by atoms with Crippen molar-refractivity contribution in [3.05, 3.63) is 59.4 Å². The second-order valence-corrected chi connectivity index (χ2v) is 14.8. The van der Waals surface area contributed by atoms with Gasteiger partial charge in [0.1, 0.15) is 12.3 Å². The number of hydrogen-bond acceptors (Lipinski definition) is 3. The van der Waals surface area contributed by atoms with E-state index in [2.05, 4.69) is 51.4 Å². The Labute approximate surface area is 275 Å². The number of sulfonamides is 1. The number of hydrogen-bond donors (Lipinski definition) is 0. The molecule has 42 heavy (non-hydrogen) atoms. The van der Waals surface area contributed by atoms with E-state index in [1.807, 2.05) is 30.5 Å². The van der Waals surface area contributed by atoms with Crippen LogP contribution in [-0.2, 0) is 35.1 Å². The van der Waals surface area contributed by atoms with Crippen molar-refractivity contribution in [1.82, 2.24) is 4.31 Å². The van der Waals surface area contributed by atoms with Crippen LogP contribution in [0.4, 0.5) is 0 Å². The standard InChI is InChI=1S/C35H59N2O3S.HI/c1-7-9-10-11-12-13-14-15-16-17-18-19-26-40-34-23-22-31(27-33(34)35(3,4)5)29-37(41(6,38)39)30-32-21-20-25-36(28-32)24-8-2;/h20-23,25,27-28H,7-19,24,26,29-30H2,1-6H3;1H/q+1;/p-1. The Kier molecular flexibility index (Phi) is 19.1. The normalized spacial score (nSPS) is 12.0. The highest BCUT2D eigenvalue weighted by molar-refractivity contribution is 7.88. The molecule has 0 radical (unpaired) electrons. The molecule has 1 aromatic carbocycles. The van der Waals surface area contributed by atoms with Gasteiger partial charge in [-0.05, 0) is 35.1 Å². The molecule has 0 saturated heterocycles. The second kappa shape index (κ2) is 20.7. The van der Waals surface area contributed by atoms with Gasteiger partial charge in [-0.15, -0.1) is 0 Å². The molecule has 0 aliphatic rings. The van der Waals surface area contributed by atoms with Gasteiger partial charge in [-0.25, -0.2) is 13.0 Å². The largest absolute Gasteiger partial charge is 1.00 e. The number of pyridine rings is 1. The summed E-state index contributed by atoms with van der Waals surface area (Å²) >= 11 is 0. The van der Waals surface area contributed by atoms with Gasteiger partial charge in [0.25, 0.3) is 0 Å². The Morgan fingerprint density at radius 3 is 1.90 bits per heavy atom. The molecule has 0 unspecified atom stereocenters. The number of nitrogens with zero attached hydrogens (tertiary/aromatic N) is 2. The molecule has 0 saturated carbocycles. The molecule has 2 rings (SSSR count). The molecule has 1 heterocycles. The summed E-state index contributed by atoms with van der Waals surface area (Å²) in [6.45, 7) is 13.3. The Balaban J connectivity index is 0.00000882. The van der Waals surface area contributed by atoms with Gasteiger partial charge in [0.05, 0.1) is 12.9 Å². The van der Waals surface area contributed by atoms with Crippen LogP contribution < -0.4 is 33.3 Å². The van der Waals surface area contributed by atoms with Crippen LogP contribution >= 0.6 is 0 Å². The van der Waals surface area contributed by atoms with Crippen molar-refractivity contribution >= 4 is 10.0 Å². The number of rotatable bonds is 21. The lowest BCUT2D eigenvalue weighted by Gasteiger charge is -2.25. The van der Waals surface area contributed by atoms with Gasteiger partial charge in [0, 0.05) is 31.1 Å². The molecule has 1 aromatic heterocycles. The van der Waals surface area contributed by atoms with Gasteiger partial charge in [0.15, 0.2) is 12.4 Å². The molecular formula is C35H59IN2O3S. The minimum Gasteiger partial charge on any atom is -1.00 e. The number of aryl methyl sites for hydroxylation is 1. The maximum atomic E-state index is 12.7. The molecule has 0 bridgehead atoms. The Morgan fingerprint density at radius 2 is 1.36 bits per heavy atom. The van der Waals surface area contributed by atoms with E-state index >= 15 is 0 Å². The Bertz CT molecular complexity index is 1120. The number of aromatic nitrogens is 1. The van der Waals surface area contributed by atoms with Crippen LogP contribution in [0.15, 0.2) is 42.7 Å². The summed E-state index contributed by atoms with van der Waals surface area (Å²) in [4.78, 5) is 0. The zero-order chi connectivity index (χ0) is 30.1. The first-order valence-corrected chi connectivity index (χ1v) is 18.1. The molecule has 2 aromatic rings. The predicted octanol–water partition coefficient (Wildman–Crippen LogP) is 5.73. The number of ether oxygens (including phenoxy) is 1. The molecule has 240 valence electrons. The number of unbranched alkanes of at least 4 members (excludes halogenated alkanes) is 11. The average molecular weight is 715 g/mol. The third kappa shape index (κ3) is 15.5. The monoisotopic (exact) mass is 714 g/mol. The van der Waals surface area contributed by atoms with Crippen molar-refractivity contribution in [3.8, 4) is 5.75 Å². The maximum Gasteiger partial charge on any atom is 0.211 e. The summed E-state index contributed by atoms with van der Waals surface area (Å²) in [6, 6.07) is 10.2. The second-order valence-electron chi connectivity index (χ2n) is 12.8. The zero-order valence-electron chi connectivity index (χ0n) is 27.5. The molecule has 0 N–H and O–H groups in total. The van der Waals surface area contributed by atoms with E-state index in [0.29, 0.717) is 13.1 Å². The molecule has 0 atom stereocenters. The third-order valence-corrected chi connectivity index (χ3v) is 8.89. The van der Waals surface area contributed by atoms with Crippen molar-refractivity contribution in [1.29, 1.82) is 0 Å². The lowest BCUT2D eigenvalue weighted by molar-refractivity contribution is -0.697. The van der Waals surface area contributed by atoms with Crippen LogP contribution in [0.25, 0.3) is 0 Å². The summed E-state index contributed by atoms with van der Waals surface area (Å²) in [7, 11) is -3.39. The highest BCUT2D eigenvalue weighted by Crippen LogP contribution is 2.33.